The lowest BCUT2D eigenvalue weighted by Crippen LogP contribution is -2.35. The van der Waals surface area contributed by atoms with Crippen LogP contribution in [0.15, 0.2) is 24.3 Å². The molecule has 0 heterocycles. The highest BCUT2D eigenvalue weighted by Gasteiger charge is 2.03. The van der Waals surface area contributed by atoms with Crippen molar-refractivity contribution >= 4 is 5.91 Å². The zero-order chi connectivity index (χ0) is 8.15. The first-order chi connectivity index (χ1) is 4.59. The second kappa shape index (κ2) is 3.85. The lowest BCUT2D eigenvalue weighted by atomic mass is 10.1. The van der Waals surface area contributed by atoms with E-state index >= 15 is 0 Å². The van der Waals surface area contributed by atoms with E-state index in [0.717, 1.165) is 0 Å². The van der Waals surface area contributed by atoms with Crippen molar-refractivity contribution in [1.82, 2.24) is 10.9 Å². The van der Waals surface area contributed by atoms with Crippen LogP contribution in [0.3, 0.4) is 0 Å². The highest BCUT2D eigenvalue weighted by molar-refractivity contribution is 5.96. The highest BCUT2D eigenvalue weighted by Crippen LogP contribution is 2.01. The van der Waals surface area contributed by atoms with E-state index in [-0.39, 0.29) is 5.91 Å². The van der Waals surface area contributed by atoms with Gasteiger partial charge in [-0.25, -0.2) is 5.43 Å². The molecule has 0 unspecified atom stereocenters. The van der Waals surface area contributed by atoms with Crippen LogP contribution in [0, 0.1) is 0 Å². The van der Waals surface area contributed by atoms with Gasteiger partial charge in [0.1, 0.15) is 0 Å². The van der Waals surface area contributed by atoms with Crippen LogP contribution < -0.4 is 10.9 Å². The summed E-state index contributed by atoms with van der Waals surface area (Å²) in [5.41, 5.74) is 5.95. The lowest BCUT2D eigenvalue weighted by molar-refractivity contribution is -0.118. The van der Waals surface area contributed by atoms with E-state index in [1.807, 2.05) is 0 Å². The summed E-state index contributed by atoms with van der Waals surface area (Å²) in [4.78, 5) is 10.9. The van der Waals surface area contributed by atoms with E-state index in [9.17, 15) is 4.79 Å². The van der Waals surface area contributed by atoms with E-state index in [2.05, 4.69) is 24.0 Å². The van der Waals surface area contributed by atoms with E-state index in [0.29, 0.717) is 11.1 Å². The van der Waals surface area contributed by atoms with Crippen molar-refractivity contribution in [2.75, 3.05) is 7.05 Å². The van der Waals surface area contributed by atoms with E-state index in [4.69, 9.17) is 0 Å². The number of rotatable bonds is 3. The minimum Gasteiger partial charge on any atom is -0.288 e. The maximum absolute atomic E-state index is 10.9. The molecule has 0 aliphatic rings. The summed E-state index contributed by atoms with van der Waals surface area (Å²) in [5.74, 6) is -0.241. The van der Waals surface area contributed by atoms with Gasteiger partial charge in [-0.3, -0.25) is 10.2 Å². The van der Waals surface area contributed by atoms with Crippen molar-refractivity contribution in [2.45, 2.75) is 6.92 Å². The van der Waals surface area contributed by atoms with Crippen molar-refractivity contribution in [1.29, 1.82) is 0 Å². The zero-order valence-corrected chi connectivity index (χ0v) is 6.32. The van der Waals surface area contributed by atoms with Gasteiger partial charge in [0.25, 0.3) is 5.91 Å². The summed E-state index contributed by atoms with van der Waals surface area (Å²) >= 11 is 0. The average Bonchev–Trinajstić information content (AvgIpc) is 1.87. The first-order valence-electron chi connectivity index (χ1n) is 2.91. The molecule has 2 N–H and O–H groups in total. The predicted molar refractivity (Wildman–Crippen MR) is 41.2 cm³/mol. The number of hydrogen-bond acceptors (Lipinski definition) is 2. The molecule has 0 rings (SSSR count). The Morgan fingerprint density at radius 3 is 2.20 bits per heavy atom. The zero-order valence-electron chi connectivity index (χ0n) is 6.32. The molecule has 0 bridgehead atoms. The summed E-state index contributed by atoms with van der Waals surface area (Å²) in [6.45, 7) is 8.83. The largest absolute Gasteiger partial charge is 0.288 e. The summed E-state index contributed by atoms with van der Waals surface area (Å²) in [7, 11) is 1.61. The number of hydrazine groups is 1. The van der Waals surface area contributed by atoms with Gasteiger partial charge in [0.05, 0.1) is 0 Å². The minimum absolute atomic E-state index is 0.241. The average molecular weight is 140 g/mol. The van der Waals surface area contributed by atoms with Gasteiger partial charge in [-0.05, 0) is 12.5 Å². The molecule has 0 radical (unpaired) electrons. The van der Waals surface area contributed by atoms with Gasteiger partial charge in [-0.2, -0.15) is 0 Å². The number of carbonyl (C=O) groups excluding carboxylic acids is 1. The molecule has 0 fully saturated rings. The molecule has 3 heteroatoms. The second-order valence-electron chi connectivity index (χ2n) is 1.96. The van der Waals surface area contributed by atoms with Crippen molar-refractivity contribution in [2.24, 2.45) is 0 Å². The quantitative estimate of drug-likeness (QED) is 0.338. The molecule has 0 saturated carbocycles. The first kappa shape index (κ1) is 8.91. The molecule has 0 aromatic rings. The van der Waals surface area contributed by atoms with Crippen LogP contribution in [0.25, 0.3) is 0 Å². The summed E-state index contributed by atoms with van der Waals surface area (Å²) < 4.78 is 0. The number of amides is 1. The van der Waals surface area contributed by atoms with Gasteiger partial charge in [0.2, 0.25) is 0 Å². The van der Waals surface area contributed by atoms with Crippen LogP contribution in [-0.2, 0) is 4.79 Å². The number of nitrogens with one attached hydrogen (secondary N) is 2. The molecule has 56 valence electrons. The Morgan fingerprint density at radius 1 is 1.40 bits per heavy atom. The first-order valence-corrected chi connectivity index (χ1v) is 2.91. The fourth-order valence-electron chi connectivity index (χ4n) is 0.383. The molecule has 0 aromatic heterocycles. The van der Waals surface area contributed by atoms with Gasteiger partial charge in [0.15, 0.2) is 0 Å². The van der Waals surface area contributed by atoms with Crippen molar-refractivity contribution in [3.63, 3.8) is 0 Å². The predicted octanol–water partition coefficient (Wildman–Crippen LogP) is 0.369. The molecule has 0 aliphatic heterocycles. The van der Waals surface area contributed by atoms with Crippen LogP contribution in [-0.4, -0.2) is 13.0 Å². The Hall–Kier alpha value is -1.09. The molecule has 0 atom stereocenters. The lowest BCUT2D eigenvalue weighted by Gasteiger charge is -2.03. The minimum atomic E-state index is -0.241. The van der Waals surface area contributed by atoms with E-state index < -0.39 is 0 Å². The fourth-order valence-corrected chi connectivity index (χ4v) is 0.383. The monoisotopic (exact) mass is 140 g/mol. The molecule has 0 aliphatic carbocycles. The third-order valence-corrected chi connectivity index (χ3v) is 1.03. The number of carbonyl (C=O) groups is 1. The third kappa shape index (κ3) is 2.46. The fraction of sp³-hybridized carbons (Fsp3) is 0.286. The molecule has 0 spiro atoms. The van der Waals surface area contributed by atoms with Gasteiger partial charge >= 0.3 is 0 Å². The van der Waals surface area contributed by atoms with Gasteiger partial charge in [-0.1, -0.05) is 13.2 Å². The van der Waals surface area contributed by atoms with Gasteiger partial charge < -0.3 is 0 Å². The van der Waals surface area contributed by atoms with Crippen LogP contribution in [0.4, 0.5) is 0 Å². The molecule has 1 amide bonds. The van der Waals surface area contributed by atoms with Gasteiger partial charge in [0, 0.05) is 12.6 Å². The van der Waals surface area contributed by atoms with Crippen LogP contribution in [0.5, 0.6) is 0 Å². The Balaban J connectivity index is 3.96. The van der Waals surface area contributed by atoms with Crippen LogP contribution in [0.2, 0.25) is 0 Å². The summed E-state index contributed by atoms with van der Waals surface area (Å²) in [6, 6.07) is 0. The normalized spacial score (nSPS) is 8.60. The SMILES string of the molecule is C=C(C)C(=C)C(=O)NNC. The van der Waals surface area contributed by atoms with Crippen molar-refractivity contribution in [3.8, 4) is 0 Å². The maximum Gasteiger partial charge on any atom is 0.265 e. The Morgan fingerprint density at radius 2 is 1.90 bits per heavy atom. The molecular weight excluding hydrogens is 128 g/mol. The Labute approximate surface area is 60.8 Å². The van der Waals surface area contributed by atoms with Crippen molar-refractivity contribution < 1.29 is 4.79 Å². The van der Waals surface area contributed by atoms with E-state index in [1.54, 1.807) is 14.0 Å². The maximum atomic E-state index is 10.9. The smallest absolute Gasteiger partial charge is 0.265 e. The molecule has 0 saturated heterocycles. The highest BCUT2D eigenvalue weighted by atomic mass is 16.2. The van der Waals surface area contributed by atoms with Crippen LogP contribution >= 0.6 is 0 Å². The summed E-state index contributed by atoms with van der Waals surface area (Å²) in [5, 5.41) is 0. The molecular formula is C7H12N2O. The molecule has 10 heavy (non-hydrogen) atoms. The Kier molecular flexibility index (Phi) is 3.43. The standard InChI is InChI=1S/C7H12N2O/c1-5(2)6(3)7(10)9-8-4/h8H,1,3H2,2,4H3,(H,9,10). The Bertz CT molecular complexity index is 172. The molecule has 0 aromatic carbocycles. The molecule has 3 nitrogen and oxygen atoms in total. The summed E-state index contributed by atoms with van der Waals surface area (Å²) in [6.07, 6.45) is 0. The van der Waals surface area contributed by atoms with E-state index in [1.165, 1.54) is 0 Å². The second-order valence-corrected chi connectivity index (χ2v) is 1.96. The van der Waals surface area contributed by atoms with Crippen molar-refractivity contribution in [3.05, 3.63) is 24.3 Å². The van der Waals surface area contributed by atoms with Gasteiger partial charge in [-0.15, -0.1) is 0 Å². The third-order valence-electron chi connectivity index (χ3n) is 1.03. The topological polar surface area (TPSA) is 41.1 Å². The number of hydrogen-bond donors (Lipinski definition) is 2. The van der Waals surface area contributed by atoms with Crippen LogP contribution in [0.1, 0.15) is 6.92 Å².